The number of rotatable bonds is 1. The van der Waals surface area contributed by atoms with Crippen LogP contribution in [-0.2, 0) is 10.2 Å². The Kier molecular flexibility index (Phi) is 3.50. The van der Waals surface area contributed by atoms with E-state index in [0.717, 1.165) is 17.0 Å². The smallest absolute Gasteiger partial charge is 0.317 e. The first kappa shape index (κ1) is 15.6. The van der Waals surface area contributed by atoms with Crippen molar-refractivity contribution in [2.75, 3.05) is 25.5 Å². The van der Waals surface area contributed by atoms with Gasteiger partial charge >= 0.3 is 6.03 Å². The fourth-order valence-electron chi connectivity index (χ4n) is 3.31. The molecule has 124 valence electrons. The molecule has 6 nitrogen and oxygen atoms in total. The number of anilines is 1. The maximum absolute atomic E-state index is 12.6. The highest BCUT2D eigenvalue weighted by Crippen LogP contribution is 2.45. The van der Waals surface area contributed by atoms with E-state index in [1.54, 1.807) is 12.0 Å². The van der Waals surface area contributed by atoms with Crippen LogP contribution in [0.25, 0.3) is 0 Å². The second-order valence-electron chi connectivity index (χ2n) is 7.30. The number of carbonyl (C=O) groups excluding carboxylic acids is 2. The minimum atomic E-state index is -0.668. The molecule has 2 N–H and O–H groups in total. The highest BCUT2D eigenvalue weighted by molar-refractivity contribution is 6.07. The quantitative estimate of drug-likeness (QED) is 0.833. The zero-order valence-corrected chi connectivity index (χ0v) is 14.0. The van der Waals surface area contributed by atoms with Crippen molar-refractivity contribution in [3.05, 3.63) is 23.8 Å². The number of carbonyl (C=O) groups is 2. The largest absolute Gasteiger partial charge is 0.497 e. The third-order valence-electron chi connectivity index (χ3n) is 4.46. The standard InChI is InChI=1S/C17H23N3O3/c1-16(2,3)19-15(22)20-8-7-17(10-20)12-9-11(23-4)5-6-13(12)18-14(17)21/h5-6,9H,7-8,10H2,1-4H3,(H,18,21)(H,19,22)/t17-/m1/s1. The highest BCUT2D eigenvalue weighted by Gasteiger charge is 2.52. The summed E-state index contributed by atoms with van der Waals surface area (Å²) in [5.74, 6) is 0.684. The summed E-state index contributed by atoms with van der Waals surface area (Å²) in [6, 6.07) is 5.47. The monoisotopic (exact) mass is 317 g/mol. The van der Waals surface area contributed by atoms with E-state index < -0.39 is 5.41 Å². The van der Waals surface area contributed by atoms with Gasteiger partial charge in [-0.1, -0.05) is 0 Å². The van der Waals surface area contributed by atoms with Crippen molar-refractivity contribution in [1.29, 1.82) is 0 Å². The second kappa shape index (κ2) is 5.15. The minimum absolute atomic E-state index is 0.0354. The summed E-state index contributed by atoms with van der Waals surface area (Å²) >= 11 is 0. The number of hydrogen-bond donors (Lipinski definition) is 2. The summed E-state index contributed by atoms with van der Waals surface area (Å²) in [4.78, 5) is 26.7. The molecule has 0 bridgehead atoms. The molecule has 1 spiro atoms. The maximum Gasteiger partial charge on any atom is 0.317 e. The Labute approximate surface area is 136 Å². The lowest BCUT2D eigenvalue weighted by atomic mass is 9.81. The molecule has 2 aliphatic heterocycles. The molecule has 0 saturated carbocycles. The Morgan fingerprint density at radius 3 is 2.78 bits per heavy atom. The fraction of sp³-hybridized carbons (Fsp3) is 0.529. The maximum atomic E-state index is 12.6. The molecule has 2 heterocycles. The number of urea groups is 1. The number of likely N-dealkylation sites (tertiary alicyclic amines) is 1. The summed E-state index contributed by atoms with van der Waals surface area (Å²) < 4.78 is 5.29. The third-order valence-corrected chi connectivity index (χ3v) is 4.46. The van der Waals surface area contributed by atoms with Gasteiger partial charge in [0, 0.05) is 24.3 Å². The molecule has 1 saturated heterocycles. The Hall–Kier alpha value is -2.24. The highest BCUT2D eigenvalue weighted by atomic mass is 16.5. The number of fused-ring (bicyclic) bond motifs is 2. The van der Waals surface area contributed by atoms with Crippen molar-refractivity contribution in [3.8, 4) is 5.75 Å². The lowest BCUT2D eigenvalue weighted by Gasteiger charge is -2.27. The van der Waals surface area contributed by atoms with E-state index in [9.17, 15) is 9.59 Å². The molecule has 2 aliphatic rings. The molecule has 1 atom stereocenters. The summed E-state index contributed by atoms with van der Waals surface area (Å²) in [5.41, 5.74) is 0.771. The second-order valence-corrected chi connectivity index (χ2v) is 7.30. The van der Waals surface area contributed by atoms with Gasteiger partial charge in [-0.15, -0.1) is 0 Å². The zero-order valence-electron chi connectivity index (χ0n) is 14.0. The molecule has 3 amide bonds. The van der Waals surface area contributed by atoms with Gasteiger partial charge in [-0.3, -0.25) is 4.79 Å². The van der Waals surface area contributed by atoms with Crippen LogP contribution < -0.4 is 15.4 Å². The Morgan fingerprint density at radius 1 is 1.39 bits per heavy atom. The van der Waals surface area contributed by atoms with Gasteiger partial charge < -0.3 is 20.3 Å². The molecular weight excluding hydrogens is 294 g/mol. The average molecular weight is 317 g/mol. The predicted octanol–water partition coefficient (Wildman–Crippen LogP) is 2.10. The predicted molar refractivity (Wildman–Crippen MR) is 87.8 cm³/mol. The number of nitrogens with zero attached hydrogens (tertiary/aromatic N) is 1. The lowest BCUT2D eigenvalue weighted by molar-refractivity contribution is -0.120. The molecule has 1 aromatic rings. The van der Waals surface area contributed by atoms with Crippen LogP contribution in [-0.4, -0.2) is 42.6 Å². The summed E-state index contributed by atoms with van der Waals surface area (Å²) in [6.45, 7) is 6.78. The first-order valence-corrected chi connectivity index (χ1v) is 7.82. The zero-order chi connectivity index (χ0) is 16.8. The molecule has 23 heavy (non-hydrogen) atoms. The van der Waals surface area contributed by atoms with E-state index in [1.165, 1.54) is 0 Å². The molecule has 0 aromatic heterocycles. The molecule has 0 aliphatic carbocycles. The van der Waals surface area contributed by atoms with Crippen molar-refractivity contribution in [2.24, 2.45) is 0 Å². The number of hydrogen-bond acceptors (Lipinski definition) is 3. The van der Waals surface area contributed by atoms with Crippen LogP contribution in [0, 0.1) is 0 Å². The molecule has 0 unspecified atom stereocenters. The first-order chi connectivity index (χ1) is 10.7. The van der Waals surface area contributed by atoms with Crippen LogP contribution >= 0.6 is 0 Å². The van der Waals surface area contributed by atoms with E-state index in [1.807, 2.05) is 39.0 Å². The topological polar surface area (TPSA) is 70.7 Å². The van der Waals surface area contributed by atoms with Crippen molar-refractivity contribution in [2.45, 2.75) is 38.1 Å². The molecule has 0 radical (unpaired) electrons. The Bertz CT molecular complexity index is 666. The van der Waals surface area contributed by atoms with Crippen molar-refractivity contribution < 1.29 is 14.3 Å². The SMILES string of the molecule is COc1ccc2c(c1)[C@]1(CCN(C(=O)NC(C)(C)C)C1)C(=O)N2. The normalized spacial score (nSPS) is 23.0. The van der Waals surface area contributed by atoms with E-state index in [-0.39, 0.29) is 17.5 Å². The van der Waals surface area contributed by atoms with Gasteiger partial charge in [0.05, 0.1) is 12.5 Å². The van der Waals surface area contributed by atoms with E-state index in [4.69, 9.17) is 4.74 Å². The molecular formula is C17H23N3O3. The number of amides is 3. The van der Waals surface area contributed by atoms with Gasteiger partial charge in [0.25, 0.3) is 0 Å². The van der Waals surface area contributed by atoms with Crippen LogP contribution in [0.3, 0.4) is 0 Å². The Balaban J connectivity index is 1.87. The van der Waals surface area contributed by atoms with Gasteiger partial charge in [0.1, 0.15) is 5.75 Å². The van der Waals surface area contributed by atoms with Gasteiger partial charge in [0.15, 0.2) is 0 Å². The molecule has 1 fully saturated rings. The van der Waals surface area contributed by atoms with Crippen LogP contribution in [0.4, 0.5) is 10.5 Å². The van der Waals surface area contributed by atoms with Crippen LogP contribution in [0.5, 0.6) is 5.75 Å². The molecule has 3 rings (SSSR count). The van der Waals surface area contributed by atoms with Crippen molar-refractivity contribution >= 4 is 17.6 Å². The third kappa shape index (κ3) is 2.62. The first-order valence-electron chi connectivity index (χ1n) is 7.82. The summed E-state index contributed by atoms with van der Waals surface area (Å²) in [5, 5.41) is 5.90. The number of benzene rings is 1. The minimum Gasteiger partial charge on any atom is -0.497 e. The summed E-state index contributed by atoms with van der Waals surface area (Å²) in [6.07, 6.45) is 0.622. The summed E-state index contributed by atoms with van der Waals surface area (Å²) in [7, 11) is 1.61. The number of ether oxygens (including phenoxy) is 1. The van der Waals surface area contributed by atoms with Gasteiger partial charge in [-0.2, -0.15) is 0 Å². The fourth-order valence-corrected chi connectivity index (χ4v) is 3.31. The van der Waals surface area contributed by atoms with E-state index in [2.05, 4.69) is 10.6 Å². The van der Waals surface area contributed by atoms with Gasteiger partial charge in [-0.25, -0.2) is 4.79 Å². The van der Waals surface area contributed by atoms with Crippen LogP contribution in [0.15, 0.2) is 18.2 Å². The molecule has 6 heteroatoms. The van der Waals surface area contributed by atoms with Crippen LogP contribution in [0.1, 0.15) is 32.8 Å². The lowest BCUT2D eigenvalue weighted by Crippen LogP contribution is -2.49. The van der Waals surface area contributed by atoms with Crippen LogP contribution in [0.2, 0.25) is 0 Å². The molecule has 1 aromatic carbocycles. The number of nitrogens with one attached hydrogen (secondary N) is 2. The van der Waals surface area contributed by atoms with Crippen molar-refractivity contribution in [1.82, 2.24) is 10.2 Å². The van der Waals surface area contributed by atoms with Crippen molar-refractivity contribution in [3.63, 3.8) is 0 Å². The van der Waals surface area contributed by atoms with E-state index in [0.29, 0.717) is 19.5 Å². The van der Waals surface area contributed by atoms with Gasteiger partial charge in [0.2, 0.25) is 5.91 Å². The van der Waals surface area contributed by atoms with E-state index >= 15 is 0 Å². The average Bonchev–Trinajstić information content (AvgIpc) is 3.02. The Morgan fingerprint density at radius 2 is 2.13 bits per heavy atom. The number of methoxy groups -OCH3 is 1. The van der Waals surface area contributed by atoms with Gasteiger partial charge in [-0.05, 0) is 51.0 Å².